The van der Waals surface area contributed by atoms with Crippen LogP contribution in [0.1, 0.15) is 0 Å². The fourth-order valence-electron chi connectivity index (χ4n) is 0.396. The normalized spacial score (nSPS) is 8.10. The van der Waals surface area contributed by atoms with Crippen molar-refractivity contribution in [2.75, 3.05) is 0 Å². The quantitative estimate of drug-likeness (QED) is 0.504. The molecule has 4 heteroatoms. The van der Waals surface area contributed by atoms with Crippen molar-refractivity contribution in [1.82, 2.24) is 0 Å². The van der Waals surface area contributed by atoms with E-state index >= 15 is 0 Å². The molecule has 1 rings (SSSR count). The van der Waals surface area contributed by atoms with Crippen LogP contribution >= 0.6 is 25.2 Å². The van der Waals surface area contributed by atoms with Crippen molar-refractivity contribution in [3.63, 3.8) is 0 Å². The number of rotatable bonds is 0. The van der Waals surface area contributed by atoms with E-state index in [2.05, 4.69) is 19.7 Å². The molecule has 0 saturated carbocycles. The average Bonchev–Trinajstić information content (AvgIpc) is 2.00. The van der Waals surface area contributed by atoms with Crippen LogP contribution in [0, 0.1) is 11.9 Å². The van der Waals surface area contributed by atoms with Crippen molar-refractivity contribution in [1.29, 1.82) is 0 Å². The molecule has 0 saturated heterocycles. The minimum absolute atomic E-state index is 0.0486. The second kappa shape index (κ2) is 6.27. The van der Waals surface area contributed by atoms with E-state index in [9.17, 15) is 4.39 Å². The van der Waals surface area contributed by atoms with Gasteiger partial charge in [0.2, 0.25) is 0 Å². The second-order valence-corrected chi connectivity index (χ2v) is 1.71. The summed E-state index contributed by atoms with van der Waals surface area (Å²) in [7, 11) is 0. The van der Waals surface area contributed by atoms with E-state index in [1.807, 2.05) is 0 Å². The van der Waals surface area contributed by atoms with Gasteiger partial charge in [0.1, 0.15) is 0 Å². The standard InChI is InChI=1S/C6H3ClF.BrH.Zn/c7-5-3-1-2-4-6(5)8;;/h1-2,4H;1H;/q-1;;+2/p-1. The van der Waals surface area contributed by atoms with E-state index in [-0.39, 0.29) is 5.02 Å². The van der Waals surface area contributed by atoms with Gasteiger partial charge in [-0.3, -0.25) is 4.39 Å². The summed E-state index contributed by atoms with van der Waals surface area (Å²) in [5.74, 6) is -0.422. The third kappa shape index (κ3) is 3.65. The summed E-state index contributed by atoms with van der Waals surface area (Å²) in [6, 6.07) is 6.88. The van der Waals surface area contributed by atoms with Gasteiger partial charge in [0.15, 0.2) is 0 Å². The Bertz CT molecular complexity index is 174. The first-order chi connectivity index (χ1) is 4.80. The number of hydrogen-bond acceptors (Lipinski definition) is 0. The van der Waals surface area contributed by atoms with Crippen LogP contribution in [0.5, 0.6) is 0 Å². The van der Waals surface area contributed by atoms with Gasteiger partial charge in [-0.2, -0.15) is 18.2 Å². The van der Waals surface area contributed by atoms with E-state index < -0.39 is 5.82 Å². The van der Waals surface area contributed by atoms with Crippen LogP contribution < -0.4 is 0 Å². The Hall–Kier alpha value is 0.543. The number of halogens is 3. The fourth-order valence-corrected chi connectivity index (χ4v) is 0.522. The molecule has 0 aliphatic carbocycles. The molecule has 10 heavy (non-hydrogen) atoms. The summed E-state index contributed by atoms with van der Waals surface area (Å²) < 4.78 is 12.2. The number of benzene rings is 1. The van der Waals surface area contributed by atoms with Crippen molar-refractivity contribution in [2.45, 2.75) is 0 Å². The van der Waals surface area contributed by atoms with Gasteiger partial charge in [0.05, 0.1) is 0 Å². The van der Waals surface area contributed by atoms with Crippen LogP contribution in [0.3, 0.4) is 0 Å². The van der Waals surface area contributed by atoms with E-state index in [0.29, 0.717) is 0 Å². The predicted molar refractivity (Wildman–Crippen MR) is 39.2 cm³/mol. The third-order valence-electron chi connectivity index (χ3n) is 0.759. The third-order valence-corrected chi connectivity index (χ3v) is 1.05. The first kappa shape index (κ1) is 10.5. The van der Waals surface area contributed by atoms with Gasteiger partial charge in [0.25, 0.3) is 0 Å². The fraction of sp³-hybridized carbons (Fsp3) is 0. The molecule has 0 atom stereocenters. The van der Waals surface area contributed by atoms with E-state index in [0.717, 1.165) is 0 Å². The summed E-state index contributed by atoms with van der Waals surface area (Å²) in [5, 5.41) is 0.0486. The van der Waals surface area contributed by atoms with Crippen LogP contribution in [0.25, 0.3) is 0 Å². The molecule has 0 radical (unpaired) electrons. The van der Waals surface area contributed by atoms with Crippen molar-refractivity contribution in [3.05, 3.63) is 35.1 Å². The zero-order chi connectivity index (χ0) is 7.98. The first-order valence-electron chi connectivity index (χ1n) is 2.39. The van der Waals surface area contributed by atoms with Crippen molar-refractivity contribution >= 4 is 25.2 Å². The molecule has 0 fully saturated rings. The van der Waals surface area contributed by atoms with Gasteiger partial charge < -0.3 is 0 Å². The SMILES string of the molecule is Fc1ccc[c-]c1Cl.[Zn+][Br]. The zero-order valence-electron chi connectivity index (χ0n) is 5.07. The van der Waals surface area contributed by atoms with Crippen LogP contribution in [-0.4, -0.2) is 0 Å². The molecule has 0 aromatic heterocycles. The van der Waals surface area contributed by atoms with Crippen LogP contribution in [0.4, 0.5) is 4.39 Å². The molecule has 0 nitrogen and oxygen atoms in total. The summed E-state index contributed by atoms with van der Waals surface area (Å²) in [5.41, 5.74) is 0. The molecule has 0 unspecified atom stereocenters. The Labute approximate surface area is 80.8 Å². The van der Waals surface area contributed by atoms with Crippen molar-refractivity contribution in [2.24, 2.45) is 0 Å². The monoisotopic (exact) mass is 272 g/mol. The molecule has 1 aromatic rings. The van der Waals surface area contributed by atoms with Crippen LogP contribution in [-0.2, 0) is 16.3 Å². The Kier molecular flexibility index (Phi) is 6.61. The zero-order valence-corrected chi connectivity index (χ0v) is 10.4. The van der Waals surface area contributed by atoms with Gasteiger partial charge in [0, 0.05) is 5.82 Å². The summed E-state index contributed by atoms with van der Waals surface area (Å²) >= 11 is 9.53. The average molecular weight is 275 g/mol. The molecule has 0 aliphatic heterocycles. The molecular formula is C6H3BrClFZn. The summed E-state index contributed by atoms with van der Waals surface area (Å²) in [6.45, 7) is 0. The first-order valence-corrected chi connectivity index (χ1v) is 9.72. The van der Waals surface area contributed by atoms with E-state index in [4.69, 9.17) is 11.6 Å². The summed E-state index contributed by atoms with van der Waals surface area (Å²) in [4.78, 5) is 0. The molecule has 0 aliphatic rings. The van der Waals surface area contributed by atoms with Crippen LogP contribution in [0.15, 0.2) is 18.2 Å². The minimum atomic E-state index is -0.422. The second-order valence-electron chi connectivity index (χ2n) is 1.33. The maximum absolute atomic E-state index is 12.2. The Morgan fingerprint density at radius 1 is 1.60 bits per heavy atom. The molecule has 0 spiro atoms. The molecule has 0 N–H and O–H groups in total. The van der Waals surface area contributed by atoms with Gasteiger partial charge >= 0.3 is 30.0 Å². The topological polar surface area (TPSA) is 0 Å². The maximum atomic E-state index is 12.2. The molecular weight excluding hydrogens is 272 g/mol. The Balaban J connectivity index is 0.000000371. The van der Waals surface area contributed by atoms with Crippen molar-refractivity contribution in [3.8, 4) is 0 Å². The molecule has 50 valence electrons. The van der Waals surface area contributed by atoms with Gasteiger partial charge in [-0.05, 0) is 5.02 Å². The Morgan fingerprint density at radius 2 is 2.20 bits per heavy atom. The van der Waals surface area contributed by atoms with E-state index in [1.54, 1.807) is 12.1 Å². The predicted octanol–water partition coefficient (Wildman–Crippen LogP) is 3.12. The Morgan fingerprint density at radius 3 is 2.50 bits per heavy atom. The van der Waals surface area contributed by atoms with Crippen LogP contribution in [0.2, 0.25) is 5.02 Å². The van der Waals surface area contributed by atoms with Gasteiger partial charge in [-0.15, -0.1) is 17.7 Å². The summed E-state index contributed by atoms with van der Waals surface area (Å²) in [6.07, 6.45) is 0. The molecule has 1 aromatic carbocycles. The number of hydrogen-bond donors (Lipinski definition) is 0. The van der Waals surface area contributed by atoms with Gasteiger partial charge in [-0.1, -0.05) is 0 Å². The molecule has 0 amide bonds. The molecule has 0 bridgehead atoms. The van der Waals surface area contributed by atoms with E-state index in [1.165, 1.54) is 22.4 Å². The van der Waals surface area contributed by atoms with Gasteiger partial charge in [-0.25, -0.2) is 0 Å². The van der Waals surface area contributed by atoms with Crippen molar-refractivity contribution < 1.29 is 20.7 Å². The molecule has 0 heterocycles.